The number of ether oxygens (including phenoxy) is 2. The number of hydrogen-bond donors (Lipinski definition) is 2. The maximum absolute atomic E-state index is 9.25. The summed E-state index contributed by atoms with van der Waals surface area (Å²) in [6.45, 7) is 5.43. The summed E-state index contributed by atoms with van der Waals surface area (Å²) in [5.41, 5.74) is 1.01. The quantitative estimate of drug-likeness (QED) is 0.528. The first kappa shape index (κ1) is 16.6. The first-order valence-corrected chi connectivity index (χ1v) is 7.21. The Morgan fingerprint density at radius 1 is 1.23 bits per heavy atom. The first-order valence-electron chi connectivity index (χ1n) is 7.21. The van der Waals surface area contributed by atoms with E-state index in [1.165, 1.54) is 6.20 Å². The molecule has 0 spiro atoms. The Kier molecular flexibility index (Phi) is 6.08. The Bertz CT molecular complexity index is 585. The van der Waals surface area contributed by atoms with E-state index < -0.39 is 7.12 Å². The number of aromatic nitrogens is 3. The monoisotopic (exact) mass is 305 g/mol. The Labute approximate surface area is 129 Å². The summed E-state index contributed by atoms with van der Waals surface area (Å²) in [6, 6.07) is 1.65. The maximum Gasteiger partial charge on any atom is 0.490 e. The molecule has 0 saturated heterocycles. The molecule has 2 heterocycles. The lowest BCUT2D eigenvalue weighted by molar-refractivity contribution is -0.143. The van der Waals surface area contributed by atoms with E-state index in [0.717, 1.165) is 0 Å². The van der Waals surface area contributed by atoms with Crippen LogP contribution in [0.2, 0.25) is 0 Å². The van der Waals surface area contributed by atoms with Crippen LogP contribution in [0.4, 0.5) is 0 Å². The first-order chi connectivity index (χ1) is 10.7. The SMILES string of the molecule is CCOC(Cn1ccnc1-c1cncc(B(O)O)c1)OCC. The second-order valence-electron chi connectivity index (χ2n) is 4.62. The molecule has 0 atom stereocenters. The molecule has 0 fully saturated rings. The number of nitrogens with zero attached hydrogens (tertiary/aromatic N) is 3. The van der Waals surface area contributed by atoms with Crippen molar-refractivity contribution in [3.8, 4) is 11.4 Å². The summed E-state index contributed by atoms with van der Waals surface area (Å²) in [6.07, 6.45) is 6.17. The van der Waals surface area contributed by atoms with Gasteiger partial charge in [-0.25, -0.2) is 4.98 Å². The lowest BCUT2D eigenvalue weighted by Gasteiger charge is -2.18. The van der Waals surface area contributed by atoms with E-state index in [4.69, 9.17) is 9.47 Å². The van der Waals surface area contributed by atoms with Gasteiger partial charge in [-0.15, -0.1) is 0 Å². The molecular weight excluding hydrogens is 285 g/mol. The Hall–Kier alpha value is -1.74. The Balaban J connectivity index is 2.23. The van der Waals surface area contributed by atoms with Crippen LogP contribution in [0.3, 0.4) is 0 Å². The molecule has 22 heavy (non-hydrogen) atoms. The van der Waals surface area contributed by atoms with E-state index in [2.05, 4.69) is 9.97 Å². The van der Waals surface area contributed by atoms with Crippen molar-refractivity contribution in [2.24, 2.45) is 0 Å². The molecule has 2 aromatic heterocycles. The van der Waals surface area contributed by atoms with Gasteiger partial charge in [0, 0.05) is 49.0 Å². The molecule has 2 aromatic rings. The van der Waals surface area contributed by atoms with Crippen LogP contribution in [-0.2, 0) is 16.0 Å². The van der Waals surface area contributed by atoms with Gasteiger partial charge < -0.3 is 24.1 Å². The van der Waals surface area contributed by atoms with Crippen LogP contribution in [-0.4, -0.2) is 51.2 Å². The lowest BCUT2D eigenvalue weighted by Crippen LogP contribution is -2.30. The predicted molar refractivity (Wildman–Crippen MR) is 82.3 cm³/mol. The third-order valence-corrected chi connectivity index (χ3v) is 3.08. The summed E-state index contributed by atoms with van der Waals surface area (Å²) in [4.78, 5) is 8.33. The van der Waals surface area contributed by atoms with E-state index in [0.29, 0.717) is 36.6 Å². The van der Waals surface area contributed by atoms with Crippen molar-refractivity contribution in [1.82, 2.24) is 14.5 Å². The van der Waals surface area contributed by atoms with E-state index in [9.17, 15) is 10.0 Å². The van der Waals surface area contributed by atoms with Crippen molar-refractivity contribution in [2.75, 3.05) is 13.2 Å². The van der Waals surface area contributed by atoms with Crippen LogP contribution in [0.25, 0.3) is 11.4 Å². The molecule has 2 rings (SSSR count). The van der Waals surface area contributed by atoms with Gasteiger partial charge in [-0.2, -0.15) is 0 Å². The molecule has 118 valence electrons. The van der Waals surface area contributed by atoms with Crippen molar-refractivity contribution in [3.63, 3.8) is 0 Å². The van der Waals surface area contributed by atoms with Gasteiger partial charge in [0.2, 0.25) is 0 Å². The van der Waals surface area contributed by atoms with E-state index in [-0.39, 0.29) is 6.29 Å². The highest BCUT2D eigenvalue weighted by atomic mass is 16.7. The summed E-state index contributed by atoms with van der Waals surface area (Å²) in [5, 5.41) is 18.5. The molecule has 0 aliphatic heterocycles. The van der Waals surface area contributed by atoms with Crippen LogP contribution >= 0.6 is 0 Å². The minimum absolute atomic E-state index is 0.318. The largest absolute Gasteiger partial charge is 0.490 e. The molecule has 7 nitrogen and oxygen atoms in total. The van der Waals surface area contributed by atoms with Gasteiger partial charge in [-0.3, -0.25) is 4.98 Å². The molecule has 2 N–H and O–H groups in total. The maximum atomic E-state index is 9.25. The van der Waals surface area contributed by atoms with E-state index in [1.54, 1.807) is 18.5 Å². The molecule has 0 aromatic carbocycles. The summed E-state index contributed by atoms with van der Waals surface area (Å²) in [7, 11) is -1.56. The number of rotatable bonds is 8. The third-order valence-electron chi connectivity index (χ3n) is 3.08. The van der Waals surface area contributed by atoms with Gasteiger partial charge in [0.25, 0.3) is 0 Å². The van der Waals surface area contributed by atoms with Crippen LogP contribution in [0.5, 0.6) is 0 Å². The molecule has 0 aliphatic rings. The van der Waals surface area contributed by atoms with Crippen molar-refractivity contribution >= 4 is 12.6 Å². The highest BCUT2D eigenvalue weighted by Crippen LogP contribution is 2.16. The van der Waals surface area contributed by atoms with Crippen LogP contribution in [0.15, 0.2) is 30.9 Å². The minimum atomic E-state index is -1.56. The minimum Gasteiger partial charge on any atom is -0.423 e. The van der Waals surface area contributed by atoms with Gasteiger partial charge >= 0.3 is 7.12 Å². The topological polar surface area (TPSA) is 89.6 Å². The molecule has 8 heteroatoms. The Morgan fingerprint density at radius 2 is 1.95 bits per heavy atom. The van der Waals surface area contributed by atoms with Gasteiger partial charge in [-0.1, -0.05) is 0 Å². The second kappa shape index (κ2) is 8.04. The van der Waals surface area contributed by atoms with Gasteiger partial charge in [0.15, 0.2) is 6.29 Å². The zero-order valence-electron chi connectivity index (χ0n) is 12.7. The van der Waals surface area contributed by atoms with Crippen LogP contribution in [0.1, 0.15) is 13.8 Å². The molecule has 0 bridgehead atoms. The molecule has 0 radical (unpaired) electrons. The van der Waals surface area contributed by atoms with Crippen molar-refractivity contribution in [2.45, 2.75) is 26.7 Å². The zero-order valence-corrected chi connectivity index (χ0v) is 12.7. The third kappa shape index (κ3) is 4.14. The number of imidazole rings is 1. The standard InChI is InChI=1S/C14H20BN3O4/c1-3-21-13(22-4-2)10-18-6-5-17-14(18)11-7-12(15(19)20)9-16-8-11/h5-9,13,19-20H,3-4,10H2,1-2H3. The van der Waals surface area contributed by atoms with Crippen LogP contribution < -0.4 is 5.46 Å². The highest BCUT2D eigenvalue weighted by Gasteiger charge is 2.16. The molecule has 0 saturated carbocycles. The van der Waals surface area contributed by atoms with Gasteiger partial charge in [-0.05, 0) is 19.9 Å². The molecular formula is C14H20BN3O4. The second-order valence-corrected chi connectivity index (χ2v) is 4.62. The summed E-state index contributed by atoms with van der Waals surface area (Å²) in [5.74, 6) is 0.666. The summed E-state index contributed by atoms with van der Waals surface area (Å²) < 4.78 is 13.0. The van der Waals surface area contributed by atoms with Gasteiger partial charge in [0.05, 0.1) is 6.54 Å². The fourth-order valence-corrected chi connectivity index (χ4v) is 2.12. The molecule has 0 unspecified atom stereocenters. The van der Waals surface area contributed by atoms with Crippen LogP contribution in [0, 0.1) is 0 Å². The number of hydrogen-bond acceptors (Lipinski definition) is 6. The smallest absolute Gasteiger partial charge is 0.423 e. The van der Waals surface area contributed by atoms with Crippen molar-refractivity contribution < 1.29 is 19.5 Å². The fraction of sp³-hybridized carbons (Fsp3) is 0.429. The Morgan fingerprint density at radius 3 is 2.59 bits per heavy atom. The predicted octanol–water partition coefficient (Wildman–Crippen LogP) is 0.0240. The zero-order chi connectivity index (χ0) is 15.9. The normalized spacial score (nSPS) is 11.1. The van der Waals surface area contributed by atoms with E-state index in [1.807, 2.05) is 24.6 Å². The average molecular weight is 305 g/mol. The van der Waals surface area contributed by atoms with Gasteiger partial charge in [0.1, 0.15) is 5.82 Å². The van der Waals surface area contributed by atoms with Crippen molar-refractivity contribution in [3.05, 3.63) is 30.9 Å². The number of pyridine rings is 1. The molecule has 0 aliphatic carbocycles. The average Bonchev–Trinajstić information content (AvgIpc) is 2.96. The fourth-order valence-electron chi connectivity index (χ4n) is 2.12. The highest BCUT2D eigenvalue weighted by molar-refractivity contribution is 6.58. The van der Waals surface area contributed by atoms with E-state index >= 15 is 0 Å². The molecule has 0 amide bonds. The summed E-state index contributed by atoms with van der Waals surface area (Å²) >= 11 is 0. The lowest BCUT2D eigenvalue weighted by atomic mass is 9.81. The van der Waals surface area contributed by atoms with Crippen molar-refractivity contribution in [1.29, 1.82) is 0 Å².